The number of amides is 1. The highest BCUT2D eigenvalue weighted by atomic mass is 32.1. The summed E-state index contributed by atoms with van der Waals surface area (Å²) in [6, 6.07) is 10.6. The van der Waals surface area contributed by atoms with Crippen molar-refractivity contribution < 1.29 is 19.0 Å². The Balaban J connectivity index is 1.33. The van der Waals surface area contributed by atoms with E-state index in [1.807, 2.05) is 11.4 Å². The summed E-state index contributed by atoms with van der Waals surface area (Å²) in [4.78, 5) is 13.5. The lowest BCUT2D eigenvalue weighted by Crippen LogP contribution is -2.62. The number of nitrogens with one attached hydrogen (secondary N) is 1. The zero-order chi connectivity index (χ0) is 17.5. The number of rotatable bonds is 4. The molecule has 4 atom stereocenters. The fraction of sp³-hybridized carbons (Fsp3) is 0.450. The van der Waals surface area contributed by atoms with Crippen molar-refractivity contribution in [1.29, 1.82) is 0 Å². The van der Waals surface area contributed by atoms with E-state index in [0.717, 1.165) is 19.4 Å². The van der Waals surface area contributed by atoms with Gasteiger partial charge in [0.2, 0.25) is 0 Å². The SMILES string of the molecule is O=C(N[C@@H]1[C@@H](Cc2ccccc2)[C@H]2OCC[C@@H]12)c1scc2c1OCCO2. The second-order valence-electron chi connectivity index (χ2n) is 7.10. The fourth-order valence-electron chi connectivity index (χ4n) is 4.41. The molecule has 1 aromatic heterocycles. The normalized spacial score (nSPS) is 28.9. The van der Waals surface area contributed by atoms with Crippen molar-refractivity contribution in [1.82, 2.24) is 5.32 Å². The fourth-order valence-corrected chi connectivity index (χ4v) is 5.24. The molecule has 2 aliphatic heterocycles. The average molecular weight is 371 g/mol. The van der Waals surface area contributed by atoms with Crippen LogP contribution >= 0.6 is 11.3 Å². The lowest BCUT2D eigenvalue weighted by molar-refractivity contribution is -0.0527. The molecule has 5 rings (SSSR count). The zero-order valence-corrected chi connectivity index (χ0v) is 15.2. The molecule has 2 aromatic rings. The highest BCUT2D eigenvalue weighted by Crippen LogP contribution is 2.46. The second-order valence-corrected chi connectivity index (χ2v) is 7.98. The minimum Gasteiger partial charge on any atom is -0.485 e. The number of carbonyl (C=O) groups excluding carboxylic acids is 1. The summed E-state index contributed by atoms with van der Waals surface area (Å²) in [5, 5.41) is 5.12. The molecule has 136 valence electrons. The molecule has 3 heterocycles. The molecule has 0 unspecified atom stereocenters. The van der Waals surface area contributed by atoms with E-state index in [1.54, 1.807) is 0 Å². The second kappa shape index (κ2) is 6.59. The topological polar surface area (TPSA) is 56.8 Å². The molecule has 26 heavy (non-hydrogen) atoms. The first-order valence-electron chi connectivity index (χ1n) is 9.15. The van der Waals surface area contributed by atoms with E-state index in [9.17, 15) is 4.79 Å². The Morgan fingerprint density at radius 1 is 1.15 bits per heavy atom. The van der Waals surface area contributed by atoms with E-state index in [1.165, 1.54) is 16.9 Å². The Labute approximate surface area is 156 Å². The van der Waals surface area contributed by atoms with Crippen molar-refractivity contribution >= 4 is 17.2 Å². The molecule has 1 aromatic carbocycles. The summed E-state index contributed by atoms with van der Waals surface area (Å²) >= 11 is 1.39. The van der Waals surface area contributed by atoms with Crippen molar-refractivity contribution in [3.05, 3.63) is 46.2 Å². The highest BCUT2D eigenvalue weighted by molar-refractivity contribution is 7.12. The molecule has 0 bridgehead atoms. The van der Waals surface area contributed by atoms with Crippen LogP contribution in [0.25, 0.3) is 0 Å². The highest BCUT2D eigenvalue weighted by Gasteiger charge is 2.54. The number of thiophene rings is 1. The van der Waals surface area contributed by atoms with Gasteiger partial charge in [-0.15, -0.1) is 11.3 Å². The van der Waals surface area contributed by atoms with Crippen LogP contribution in [0.5, 0.6) is 11.5 Å². The molecule has 0 radical (unpaired) electrons. The third-order valence-corrected chi connectivity index (χ3v) is 6.59. The first-order chi connectivity index (χ1) is 12.8. The van der Waals surface area contributed by atoms with Crippen LogP contribution in [0.4, 0.5) is 0 Å². The predicted octanol–water partition coefficient (Wildman–Crippen LogP) is 2.90. The number of fused-ring (bicyclic) bond motifs is 2. The summed E-state index contributed by atoms with van der Waals surface area (Å²) in [6.45, 7) is 1.81. The van der Waals surface area contributed by atoms with Gasteiger partial charge in [0, 0.05) is 29.9 Å². The van der Waals surface area contributed by atoms with E-state index in [4.69, 9.17) is 14.2 Å². The molecule has 3 aliphatic rings. The van der Waals surface area contributed by atoms with Crippen LogP contribution in [-0.2, 0) is 11.2 Å². The maximum atomic E-state index is 12.9. The Bertz CT molecular complexity index is 805. The van der Waals surface area contributed by atoms with Gasteiger partial charge in [0.25, 0.3) is 5.91 Å². The van der Waals surface area contributed by atoms with Gasteiger partial charge in [-0.05, 0) is 18.4 Å². The van der Waals surface area contributed by atoms with Crippen molar-refractivity contribution in [2.24, 2.45) is 11.8 Å². The van der Waals surface area contributed by atoms with Gasteiger partial charge < -0.3 is 19.5 Å². The van der Waals surface area contributed by atoms with Gasteiger partial charge in [-0.3, -0.25) is 4.79 Å². The Morgan fingerprint density at radius 2 is 2.00 bits per heavy atom. The van der Waals surface area contributed by atoms with Crippen LogP contribution in [0.1, 0.15) is 21.7 Å². The lowest BCUT2D eigenvalue weighted by atomic mass is 9.64. The Hall–Kier alpha value is -2.05. The smallest absolute Gasteiger partial charge is 0.265 e. The van der Waals surface area contributed by atoms with Gasteiger partial charge in [-0.2, -0.15) is 0 Å². The molecule has 5 nitrogen and oxygen atoms in total. The van der Waals surface area contributed by atoms with Crippen molar-refractivity contribution in [3.63, 3.8) is 0 Å². The van der Waals surface area contributed by atoms with Crippen molar-refractivity contribution in [2.75, 3.05) is 19.8 Å². The van der Waals surface area contributed by atoms with Crippen molar-refractivity contribution in [3.8, 4) is 11.5 Å². The molecular formula is C20H21NO4S. The van der Waals surface area contributed by atoms with Gasteiger partial charge in [0.05, 0.1) is 6.10 Å². The quantitative estimate of drug-likeness (QED) is 0.898. The lowest BCUT2D eigenvalue weighted by Gasteiger charge is -2.48. The molecule has 0 spiro atoms. The molecule has 1 N–H and O–H groups in total. The maximum absolute atomic E-state index is 12.9. The molecule has 1 saturated carbocycles. The largest absolute Gasteiger partial charge is 0.485 e. The summed E-state index contributed by atoms with van der Waals surface area (Å²) in [5.74, 6) is 1.96. The number of hydrogen-bond donors (Lipinski definition) is 1. The third-order valence-electron chi connectivity index (χ3n) is 5.65. The number of ether oxygens (including phenoxy) is 3. The summed E-state index contributed by atoms with van der Waals surface area (Å²) in [6.07, 6.45) is 2.20. The van der Waals surface area contributed by atoms with Crippen LogP contribution in [0.15, 0.2) is 35.7 Å². The van der Waals surface area contributed by atoms with Gasteiger partial charge in [-0.25, -0.2) is 0 Å². The predicted molar refractivity (Wildman–Crippen MR) is 98.0 cm³/mol. The maximum Gasteiger partial charge on any atom is 0.265 e. The molecule has 1 amide bonds. The molecule has 2 fully saturated rings. The Morgan fingerprint density at radius 3 is 2.88 bits per heavy atom. The number of hydrogen-bond acceptors (Lipinski definition) is 5. The minimum atomic E-state index is -0.0600. The van der Waals surface area contributed by atoms with E-state index in [2.05, 4.69) is 29.6 Å². The molecular weight excluding hydrogens is 350 g/mol. The minimum absolute atomic E-state index is 0.0600. The monoisotopic (exact) mass is 371 g/mol. The first kappa shape index (κ1) is 16.1. The molecule has 1 aliphatic carbocycles. The number of carbonyl (C=O) groups is 1. The van der Waals surface area contributed by atoms with E-state index < -0.39 is 0 Å². The third kappa shape index (κ3) is 2.68. The first-order valence-corrected chi connectivity index (χ1v) is 10.0. The average Bonchev–Trinajstić information content (AvgIpc) is 3.30. The van der Waals surface area contributed by atoms with Crippen LogP contribution in [0.2, 0.25) is 0 Å². The van der Waals surface area contributed by atoms with Crippen LogP contribution in [-0.4, -0.2) is 37.9 Å². The van der Waals surface area contributed by atoms with Gasteiger partial charge in [-0.1, -0.05) is 30.3 Å². The standard InChI is InChI=1S/C20H21NO4S/c22-20(19-18-15(11-26-19)23-8-9-25-18)21-16-13-6-7-24-17(13)14(16)10-12-4-2-1-3-5-12/h1-5,11,13-14,16-17H,6-10H2,(H,21,22)/t13-,14+,16-,17-/m0/s1. The summed E-state index contributed by atoms with van der Waals surface area (Å²) in [7, 11) is 0. The number of benzene rings is 1. The summed E-state index contributed by atoms with van der Waals surface area (Å²) in [5.41, 5.74) is 1.29. The van der Waals surface area contributed by atoms with Crippen LogP contribution in [0, 0.1) is 11.8 Å². The van der Waals surface area contributed by atoms with Crippen LogP contribution in [0.3, 0.4) is 0 Å². The van der Waals surface area contributed by atoms with Gasteiger partial charge in [0.1, 0.15) is 18.1 Å². The zero-order valence-electron chi connectivity index (χ0n) is 14.4. The van der Waals surface area contributed by atoms with Crippen LogP contribution < -0.4 is 14.8 Å². The Kier molecular flexibility index (Phi) is 4.10. The van der Waals surface area contributed by atoms with E-state index in [-0.39, 0.29) is 18.1 Å². The molecule has 1 saturated heterocycles. The van der Waals surface area contributed by atoms with E-state index >= 15 is 0 Å². The van der Waals surface area contributed by atoms with E-state index in [0.29, 0.717) is 41.4 Å². The summed E-state index contributed by atoms with van der Waals surface area (Å²) < 4.78 is 17.1. The van der Waals surface area contributed by atoms with Gasteiger partial charge >= 0.3 is 0 Å². The van der Waals surface area contributed by atoms with Crippen molar-refractivity contribution in [2.45, 2.75) is 25.0 Å². The van der Waals surface area contributed by atoms with Gasteiger partial charge in [0.15, 0.2) is 11.5 Å². The molecule has 6 heteroatoms.